The molecule has 2 heterocycles. The molecule has 1 aromatic heterocycles. The Hall–Kier alpha value is -1.13. The van der Waals surface area contributed by atoms with Gasteiger partial charge in [-0.3, -0.25) is 0 Å². The fraction of sp³-hybridized carbons (Fsp3) is 0.300. The summed E-state index contributed by atoms with van der Waals surface area (Å²) in [7, 11) is 0. The van der Waals surface area contributed by atoms with Crippen molar-refractivity contribution in [3.8, 4) is 5.75 Å². The van der Waals surface area contributed by atoms with Crippen LogP contribution in [0.3, 0.4) is 0 Å². The largest absolute Gasteiger partial charge is 0.462 e. The van der Waals surface area contributed by atoms with Crippen LogP contribution in [0.25, 0.3) is 10.2 Å². The van der Waals surface area contributed by atoms with Gasteiger partial charge in [0.1, 0.15) is 11.9 Å². The predicted octanol–water partition coefficient (Wildman–Crippen LogP) is 2.42. The Kier molecular flexibility index (Phi) is 1.72. The molecule has 14 heavy (non-hydrogen) atoms. The topological polar surface area (TPSA) is 34.6 Å². The number of nitrogens with zero attached hydrogens (tertiary/aromatic N) is 1. The second-order valence-corrected chi connectivity index (χ2v) is 4.20. The van der Waals surface area contributed by atoms with Crippen LogP contribution in [0.2, 0.25) is 0 Å². The maximum absolute atomic E-state index is 5.57. The fourth-order valence-electron chi connectivity index (χ4n) is 1.33. The molecule has 1 aliphatic rings. The van der Waals surface area contributed by atoms with Gasteiger partial charge in [0, 0.05) is 0 Å². The first-order valence-corrected chi connectivity index (χ1v) is 5.36. The van der Waals surface area contributed by atoms with Crippen molar-refractivity contribution in [3.63, 3.8) is 0 Å². The molecule has 0 saturated carbocycles. The van der Waals surface area contributed by atoms with Crippen molar-refractivity contribution in [1.29, 1.82) is 0 Å². The van der Waals surface area contributed by atoms with Crippen molar-refractivity contribution in [2.24, 2.45) is 0 Å². The van der Waals surface area contributed by atoms with Crippen molar-refractivity contribution >= 4 is 21.6 Å². The summed E-state index contributed by atoms with van der Waals surface area (Å²) in [5, 5.41) is 0. The highest BCUT2D eigenvalue weighted by Crippen LogP contribution is 2.28. The molecular formula is C10H9NO2S. The molecule has 1 aromatic carbocycles. The van der Waals surface area contributed by atoms with Gasteiger partial charge in [0.2, 0.25) is 6.29 Å². The van der Waals surface area contributed by atoms with Crippen LogP contribution in [0.1, 0.15) is 6.92 Å². The average molecular weight is 207 g/mol. The van der Waals surface area contributed by atoms with E-state index in [4.69, 9.17) is 9.47 Å². The third-order valence-electron chi connectivity index (χ3n) is 2.21. The molecule has 0 bridgehead atoms. The second-order valence-electron chi connectivity index (χ2n) is 3.31. The van der Waals surface area contributed by atoms with Crippen LogP contribution in [0, 0.1) is 0 Å². The van der Waals surface area contributed by atoms with Crippen LogP contribution < -0.4 is 4.74 Å². The number of ether oxygens (including phenoxy) is 2. The van der Waals surface area contributed by atoms with E-state index in [1.807, 2.05) is 30.6 Å². The minimum absolute atomic E-state index is 0.0552. The number of hydrogen-bond donors (Lipinski definition) is 0. The maximum Gasteiger partial charge on any atom is 0.226 e. The van der Waals surface area contributed by atoms with Gasteiger partial charge in [-0.15, -0.1) is 11.3 Å². The Labute approximate surface area is 85.3 Å². The minimum Gasteiger partial charge on any atom is -0.462 e. The standard InChI is InChI=1S/C10H9NO2S/c1-6-10(12-6)13-7-2-3-8-9(4-7)14-5-11-8/h2-6,10H,1H3/t6-,10-/m1/s1. The molecule has 3 rings (SSSR count). The molecule has 1 aliphatic heterocycles. The van der Waals surface area contributed by atoms with E-state index in [-0.39, 0.29) is 12.4 Å². The average Bonchev–Trinajstić information content (AvgIpc) is 2.70. The predicted molar refractivity (Wildman–Crippen MR) is 54.6 cm³/mol. The molecule has 1 saturated heterocycles. The zero-order valence-corrected chi connectivity index (χ0v) is 8.45. The Bertz CT molecular complexity index is 468. The molecular weight excluding hydrogens is 198 g/mol. The summed E-state index contributed by atoms with van der Waals surface area (Å²) in [5.74, 6) is 0.858. The lowest BCUT2D eigenvalue weighted by molar-refractivity contribution is 0.179. The van der Waals surface area contributed by atoms with Crippen LogP contribution in [0.15, 0.2) is 23.7 Å². The summed E-state index contributed by atoms with van der Waals surface area (Å²) in [6.45, 7) is 2.00. The first kappa shape index (κ1) is 8.20. The fourth-order valence-corrected chi connectivity index (χ4v) is 2.04. The second kappa shape index (κ2) is 2.93. The number of thiazole rings is 1. The van der Waals surface area contributed by atoms with E-state index in [0.717, 1.165) is 16.0 Å². The van der Waals surface area contributed by atoms with Gasteiger partial charge in [-0.05, 0) is 25.1 Å². The van der Waals surface area contributed by atoms with E-state index in [1.165, 1.54) is 0 Å². The van der Waals surface area contributed by atoms with Gasteiger partial charge in [-0.25, -0.2) is 4.98 Å². The van der Waals surface area contributed by atoms with E-state index < -0.39 is 0 Å². The van der Waals surface area contributed by atoms with E-state index in [1.54, 1.807) is 11.3 Å². The smallest absolute Gasteiger partial charge is 0.226 e. The van der Waals surface area contributed by atoms with E-state index >= 15 is 0 Å². The van der Waals surface area contributed by atoms with Gasteiger partial charge >= 0.3 is 0 Å². The lowest BCUT2D eigenvalue weighted by Crippen LogP contribution is -2.00. The quantitative estimate of drug-likeness (QED) is 0.709. The molecule has 0 spiro atoms. The molecule has 1 fully saturated rings. The molecule has 4 heteroatoms. The number of epoxide rings is 1. The summed E-state index contributed by atoms with van der Waals surface area (Å²) >= 11 is 1.62. The van der Waals surface area contributed by atoms with Crippen molar-refractivity contribution in [2.75, 3.05) is 0 Å². The van der Waals surface area contributed by atoms with Crippen molar-refractivity contribution in [1.82, 2.24) is 4.98 Å². The molecule has 2 aromatic rings. The summed E-state index contributed by atoms with van der Waals surface area (Å²) in [4.78, 5) is 4.20. The van der Waals surface area contributed by atoms with E-state index in [0.29, 0.717) is 0 Å². The Morgan fingerprint density at radius 3 is 3.14 bits per heavy atom. The molecule has 0 unspecified atom stereocenters. The minimum atomic E-state index is -0.0552. The van der Waals surface area contributed by atoms with Crippen molar-refractivity contribution < 1.29 is 9.47 Å². The van der Waals surface area contributed by atoms with Gasteiger partial charge in [0.05, 0.1) is 15.7 Å². The summed E-state index contributed by atoms with van der Waals surface area (Å²) in [6.07, 6.45) is 0.174. The van der Waals surface area contributed by atoms with Gasteiger partial charge in [0.25, 0.3) is 0 Å². The molecule has 0 N–H and O–H groups in total. The van der Waals surface area contributed by atoms with Gasteiger partial charge < -0.3 is 9.47 Å². The van der Waals surface area contributed by atoms with Gasteiger partial charge in [-0.2, -0.15) is 0 Å². The van der Waals surface area contributed by atoms with Crippen LogP contribution in [0.5, 0.6) is 5.75 Å². The molecule has 2 atom stereocenters. The zero-order valence-electron chi connectivity index (χ0n) is 7.64. The number of fused-ring (bicyclic) bond motifs is 1. The molecule has 3 nitrogen and oxygen atoms in total. The van der Waals surface area contributed by atoms with Crippen LogP contribution >= 0.6 is 11.3 Å². The summed E-state index contributed by atoms with van der Waals surface area (Å²) < 4.78 is 11.9. The van der Waals surface area contributed by atoms with Crippen LogP contribution in [0.4, 0.5) is 0 Å². The third-order valence-corrected chi connectivity index (χ3v) is 3.00. The Morgan fingerprint density at radius 2 is 2.36 bits per heavy atom. The number of hydrogen-bond acceptors (Lipinski definition) is 4. The lowest BCUT2D eigenvalue weighted by Gasteiger charge is -2.01. The highest BCUT2D eigenvalue weighted by molar-refractivity contribution is 7.16. The molecule has 72 valence electrons. The van der Waals surface area contributed by atoms with Gasteiger partial charge in [0.15, 0.2) is 0 Å². The molecule has 0 radical (unpaired) electrons. The first-order valence-electron chi connectivity index (χ1n) is 4.48. The van der Waals surface area contributed by atoms with Gasteiger partial charge in [-0.1, -0.05) is 0 Å². The van der Waals surface area contributed by atoms with Crippen molar-refractivity contribution in [2.45, 2.75) is 19.3 Å². The van der Waals surface area contributed by atoms with Crippen molar-refractivity contribution in [3.05, 3.63) is 23.7 Å². The SMILES string of the molecule is C[C@H]1O[C@@H]1Oc1ccc2ncsc2c1. The normalized spacial score (nSPS) is 25.2. The maximum atomic E-state index is 5.57. The van der Waals surface area contributed by atoms with Crippen LogP contribution in [-0.2, 0) is 4.74 Å². The number of benzene rings is 1. The number of rotatable bonds is 2. The zero-order chi connectivity index (χ0) is 9.54. The highest BCUT2D eigenvalue weighted by Gasteiger charge is 2.36. The third kappa shape index (κ3) is 1.36. The summed E-state index contributed by atoms with van der Waals surface area (Å²) in [6, 6.07) is 5.89. The highest BCUT2D eigenvalue weighted by atomic mass is 32.1. The number of aromatic nitrogens is 1. The molecule has 0 aliphatic carbocycles. The Balaban J connectivity index is 1.89. The summed E-state index contributed by atoms with van der Waals surface area (Å²) in [5.41, 5.74) is 2.86. The van der Waals surface area contributed by atoms with E-state index in [9.17, 15) is 0 Å². The molecule has 0 amide bonds. The first-order chi connectivity index (χ1) is 6.83. The van der Waals surface area contributed by atoms with E-state index in [2.05, 4.69) is 4.98 Å². The Morgan fingerprint density at radius 1 is 1.50 bits per heavy atom. The van der Waals surface area contributed by atoms with Crippen LogP contribution in [-0.4, -0.2) is 17.4 Å². The lowest BCUT2D eigenvalue weighted by atomic mass is 10.3. The monoisotopic (exact) mass is 207 g/mol.